The smallest absolute Gasteiger partial charge is 0.0882 e. The van der Waals surface area contributed by atoms with Gasteiger partial charge in [0.05, 0.1) is 17.5 Å². The minimum Gasteiger partial charge on any atom is -0.404 e. The summed E-state index contributed by atoms with van der Waals surface area (Å²) < 4.78 is 0. The van der Waals surface area contributed by atoms with Crippen molar-refractivity contribution in [2.24, 2.45) is 10.7 Å². The van der Waals surface area contributed by atoms with Crippen LogP contribution in [0.15, 0.2) is 88.4 Å². The molecule has 1 aliphatic heterocycles. The lowest BCUT2D eigenvalue weighted by atomic mass is 9.98. The largest absolute Gasteiger partial charge is 0.404 e. The van der Waals surface area contributed by atoms with Crippen molar-refractivity contribution in [1.29, 1.82) is 0 Å². The first-order valence-electron chi connectivity index (χ1n) is 10.5. The topological polar surface area (TPSA) is 41.6 Å². The van der Waals surface area contributed by atoms with Crippen molar-refractivity contribution >= 4 is 17.3 Å². The number of halogens is 1. The van der Waals surface area contributed by atoms with Gasteiger partial charge < -0.3 is 10.6 Å². The van der Waals surface area contributed by atoms with Crippen LogP contribution in [0.25, 0.3) is 0 Å². The molecule has 0 radical (unpaired) electrons. The molecular weight excluding hydrogens is 390 g/mol. The number of allylic oxidation sites excluding steroid dienone is 6. The summed E-state index contributed by atoms with van der Waals surface area (Å²) in [6.07, 6.45) is 9.14. The molecule has 4 heteroatoms. The molecule has 0 aliphatic carbocycles. The molecule has 160 valence electrons. The Labute approximate surface area is 187 Å². The zero-order chi connectivity index (χ0) is 22.4. The molecule has 3 nitrogen and oxygen atoms in total. The Bertz CT molecular complexity index is 928. The third-order valence-electron chi connectivity index (χ3n) is 5.09. The average molecular weight is 424 g/mol. The fourth-order valence-corrected chi connectivity index (χ4v) is 3.65. The highest BCUT2D eigenvalue weighted by molar-refractivity contribution is 6.30. The van der Waals surface area contributed by atoms with Crippen molar-refractivity contribution in [2.45, 2.75) is 60.0 Å². The zero-order valence-electron chi connectivity index (χ0n) is 19.0. The highest BCUT2D eigenvalue weighted by Crippen LogP contribution is 2.44. The first-order chi connectivity index (χ1) is 14.2. The highest BCUT2D eigenvalue weighted by Gasteiger charge is 2.40. The lowest BCUT2D eigenvalue weighted by Gasteiger charge is -2.29. The van der Waals surface area contributed by atoms with Gasteiger partial charge in [0.15, 0.2) is 0 Å². The van der Waals surface area contributed by atoms with Crippen LogP contribution in [-0.4, -0.2) is 16.7 Å². The molecule has 0 spiro atoms. The molecule has 0 amide bonds. The van der Waals surface area contributed by atoms with Gasteiger partial charge in [0, 0.05) is 28.5 Å². The molecule has 0 bridgehead atoms. The van der Waals surface area contributed by atoms with E-state index in [2.05, 4.69) is 76.5 Å². The maximum atomic E-state index is 6.20. The van der Waals surface area contributed by atoms with E-state index >= 15 is 0 Å². The van der Waals surface area contributed by atoms with Crippen LogP contribution in [0.3, 0.4) is 0 Å². The summed E-state index contributed by atoms with van der Waals surface area (Å²) in [7, 11) is 0. The summed E-state index contributed by atoms with van der Waals surface area (Å²) >= 11 is 6.18. The second-order valence-electron chi connectivity index (χ2n) is 7.84. The molecule has 1 unspecified atom stereocenters. The lowest BCUT2D eigenvalue weighted by molar-refractivity contribution is 0.410. The van der Waals surface area contributed by atoms with Crippen LogP contribution in [0.4, 0.5) is 0 Å². The molecule has 0 saturated carbocycles. The van der Waals surface area contributed by atoms with E-state index in [0.717, 1.165) is 45.8 Å². The Morgan fingerprint density at radius 1 is 1.27 bits per heavy atom. The fourth-order valence-electron chi connectivity index (χ4n) is 3.53. The first-order valence-corrected chi connectivity index (χ1v) is 10.9. The Balaban J connectivity index is 2.82. The summed E-state index contributed by atoms with van der Waals surface area (Å²) in [6.45, 7) is 16.6. The highest BCUT2D eigenvalue weighted by atomic mass is 35.5. The summed E-state index contributed by atoms with van der Waals surface area (Å²) in [5.74, 6) is 0. The van der Waals surface area contributed by atoms with Gasteiger partial charge in [-0.25, -0.2) is 0 Å². The maximum absolute atomic E-state index is 6.20. The van der Waals surface area contributed by atoms with Crippen LogP contribution in [0.5, 0.6) is 0 Å². The van der Waals surface area contributed by atoms with Crippen LogP contribution in [0.2, 0.25) is 5.02 Å². The van der Waals surface area contributed by atoms with Crippen molar-refractivity contribution in [1.82, 2.24) is 4.90 Å². The SMILES string of the molecule is C=C(C)/C(C)=C\C(=C/C)N1/C(=C/CC)C(=NC(C)C)C(=CN)C1c1ccc(Cl)cc1. The normalized spacial score (nSPS) is 22.1. The summed E-state index contributed by atoms with van der Waals surface area (Å²) in [6, 6.07) is 8.05. The van der Waals surface area contributed by atoms with Gasteiger partial charge in [-0.3, -0.25) is 4.99 Å². The van der Waals surface area contributed by atoms with E-state index < -0.39 is 0 Å². The molecular formula is C26H34ClN3. The third kappa shape index (κ3) is 5.14. The van der Waals surface area contributed by atoms with Crippen LogP contribution in [0, 0.1) is 0 Å². The molecule has 30 heavy (non-hydrogen) atoms. The average Bonchev–Trinajstić information content (AvgIpc) is 2.99. The van der Waals surface area contributed by atoms with Crippen molar-refractivity contribution in [2.75, 3.05) is 0 Å². The van der Waals surface area contributed by atoms with E-state index in [9.17, 15) is 0 Å². The number of hydrogen-bond acceptors (Lipinski definition) is 3. The van der Waals surface area contributed by atoms with Crippen molar-refractivity contribution in [3.8, 4) is 0 Å². The van der Waals surface area contributed by atoms with Gasteiger partial charge in [0.1, 0.15) is 0 Å². The van der Waals surface area contributed by atoms with Gasteiger partial charge in [-0.1, -0.05) is 55.0 Å². The predicted molar refractivity (Wildman–Crippen MR) is 132 cm³/mol. The minimum atomic E-state index is -0.0806. The maximum Gasteiger partial charge on any atom is 0.0882 e. The Hall–Kier alpha value is -2.52. The monoisotopic (exact) mass is 423 g/mol. The Morgan fingerprint density at radius 2 is 1.90 bits per heavy atom. The summed E-state index contributed by atoms with van der Waals surface area (Å²) in [5.41, 5.74) is 13.6. The quantitative estimate of drug-likeness (QED) is 0.495. The number of likely N-dealkylation sites (tertiary alicyclic amines) is 1. The van der Waals surface area contributed by atoms with Crippen molar-refractivity contribution in [3.63, 3.8) is 0 Å². The molecule has 1 fully saturated rings. The molecule has 1 saturated heterocycles. The van der Waals surface area contributed by atoms with Gasteiger partial charge in [0.2, 0.25) is 0 Å². The molecule has 1 aromatic carbocycles. The van der Waals surface area contributed by atoms with E-state index in [-0.39, 0.29) is 12.1 Å². The van der Waals surface area contributed by atoms with E-state index in [1.807, 2.05) is 19.1 Å². The molecule has 1 aliphatic rings. The number of nitrogens with two attached hydrogens (primary N) is 1. The Morgan fingerprint density at radius 3 is 2.37 bits per heavy atom. The van der Waals surface area contributed by atoms with Gasteiger partial charge in [0.25, 0.3) is 0 Å². The fraction of sp³-hybridized carbons (Fsp3) is 0.346. The molecule has 1 heterocycles. The minimum absolute atomic E-state index is 0.0806. The second kappa shape index (κ2) is 10.5. The first kappa shape index (κ1) is 23.8. The number of hydrogen-bond donors (Lipinski definition) is 1. The molecule has 1 aromatic rings. The van der Waals surface area contributed by atoms with Gasteiger partial charge in [-0.15, -0.1) is 0 Å². The lowest BCUT2D eigenvalue weighted by Crippen LogP contribution is -2.22. The second-order valence-corrected chi connectivity index (χ2v) is 8.27. The summed E-state index contributed by atoms with van der Waals surface area (Å²) in [5, 5.41) is 0.714. The third-order valence-corrected chi connectivity index (χ3v) is 5.34. The number of nitrogens with zero attached hydrogens (tertiary/aromatic N) is 2. The number of benzene rings is 1. The van der Waals surface area contributed by atoms with E-state index in [0.29, 0.717) is 5.02 Å². The van der Waals surface area contributed by atoms with Crippen LogP contribution in [0.1, 0.15) is 59.6 Å². The Kier molecular flexibility index (Phi) is 8.31. The summed E-state index contributed by atoms with van der Waals surface area (Å²) in [4.78, 5) is 7.30. The zero-order valence-corrected chi connectivity index (χ0v) is 19.8. The van der Waals surface area contributed by atoms with E-state index in [1.165, 1.54) is 0 Å². The number of rotatable bonds is 6. The number of aliphatic imine (C=N–C) groups is 1. The molecule has 2 N–H and O–H groups in total. The van der Waals surface area contributed by atoms with Gasteiger partial charge in [-0.05, 0) is 70.4 Å². The molecule has 2 rings (SSSR count). The van der Waals surface area contributed by atoms with Crippen molar-refractivity contribution < 1.29 is 0 Å². The van der Waals surface area contributed by atoms with Crippen LogP contribution >= 0.6 is 11.6 Å². The van der Waals surface area contributed by atoms with Crippen LogP contribution < -0.4 is 5.73 Å². The predicted octanol–water partition coefficient (Wildman–Crippen LogP) is 7.11. The van der Waals surface area contributed by atoms with Gasteiger partial charge in [-0.2, -0.15) is 0 Å². The van der Waals surface area contributed by atoms with E-state index in [1.54, 1.807) is 6.20 Å². The van der Waals surface area contributed by atoms with E-state index in [4.69, 9.17) is 22.3 Å². The van der Waals surface area contributed by atoms with Crippen molar-refractivity contribution in [3.05, 3.63) is 94.0 Å². The molecule has 1 atom stereocenters. The standard InChI is InChI=1S/C26H34ClN3/c1-8-10-24-25(29-18(5)6)23(16-28)26(20-11-13-21(27)14-12-20)30(24)22(9-2)15-19(7)17(3)4/h9-16,18,26H,3,8,28H2,1-2,4-7H3/b19-15-,22-9+,23-16?,24-10+,29-25?. The van der Waals surface area contributed by atoms with Gasteiger partial charge >= 0.3 is 0 Å². The van der Waals surface area contributed by atoms with Crippen LogP contribution in [-0.2, 0) is 0 Å². The molecule has 0 aromatic heterocycles.